The van der Waals surface area contributed by atoms with Gasteiger partial charge in [-0.1, -0.05) is 30.3 Å². The fraction of sp³-hybridized carbons (Fsp3) is 0.464. The third-order valence-corrected chi connectivity index (χ3v) is 6.53. The lowest BCUT2D eigenvalue weighted by molar-refractivity contribution is 0.0294. The van der Waals surface area contributed by atoms with Crippen molar-refractivity contribution in [1.82, 2.24) is 9.80 Å². The van der Waals surface area contributed by atoms with Crippen molar-refractivity contribution in [3.05, 3.63) is 83.7 Å². The third kappa shape index (κ3) is 6.75. The van der Waals surface area contributed by atoms with E-state index in [9.17, 15) is 14.3 Å². The fourth-order valence-corrected chi connectivity index (χ4v) is 4.83. The van der Waals surface area contributed by atoms with Gasteiger partial charge in [-0.05, 0) is 62.1 Å². The van der Waals surface area contributed by atoms with Gasteiger partial charge in [-0.2, -0.15) is 0 Å². The normalized spacial score (nSPS) is 19.4. The van der Waals surface area contributed by atoms with E-state index >= 15 is 0 Å². The van der Waals surface area contributed by atoms with E-state index in [1.165, 1.54) is 23.3 Å². The third-order valence-electron chi connectivity index (χ3n) is 6.53. The molecule has 1 N–H and O–H groups in total. The topological polar surface area (TPSA) is 53.0 Å². The molecule has 1 saturated heterocycles. The second-order valence-corrected chi connectivity index (χ2v) is 9.48. The zero-order valence-corrected chi connectivity index (χ0v) is 20.5. The highest BCUT2D eigenvalue weighted by Crippen LogP contribution is 2.35. The second-order valence-electron chi connectivity index (χ2n) is 9.48. The molecule has 1 aliphatic heterocycles. The molecule has 0 aliphatic carbocycles. The van der Waals surface area contributed by atoms with Gasteiger partial charge in [0.1, 0.15) is 5.82 Å². The SMILES string of the molecule is C=CCOCC(O)CN1CC(CN(C(=O)c2ccc(F)cc2)C(C)C)C(c2ccccc2C)C1. The van der Waals surface area contributed by atoms with Crippen molar-refractivity contribution in [2.75, 3.05) is 39.4 Å². The number of hydrogen-bond acceptors (Lipinski definition) is 4. The molecule has 0 aromatic heterocycles. The summed E-state index contributed by atoms with van der Waals surface area (Å²) in [6.45, 7) is 13.2. The van der Waals surface area contributed by atoms with Crippen molar-refractivity contribution < 1.29 is 19.0 Å². The molecule has 0 saturated carbocycles. The average Bonchev–Trinajstić information content (AvgIpc) is 3.19. The summed E-state index contributed by atoms with van der Waals surface area (Å²) in [5.74, 6) is 0.00289. The standard InChI is InChI=1S/C28H37FN2O3/c1-5-14-34-19-25(32)17-30-15-23(27(18-30)26-9-7-6-8-21(26)4)16-31(20(2)3)28(33)22-10-12-24(29)13-11-22/h5-13,20,23,25,27,32H,1,14-19H2,2-4H3. The Morgan fingerprint density at radius 3 is 2.59 bits per heavy atom. The lowest BCUT2D eigenvalue weighted by Gasteiger charge is -2.32. The van der Waals surface area contributed by atoms with Crippen LogP contribution in [0.15, 0.2) is 61.2 Å². The molecule has 34 heavy (non-hydrogen) atoms. The minimum absolute atomic E-state index is 0.00187. The van der Waals surface area contributed by atoms with Gasteiger partial charge < -0.3 is 14.7 Å². The first-order valence-corrected chi connectivity index (χ1v) is 12.0. The molecule has 1 amide bonds. The van der Waals surface area contributed by atoms with Crippen LogP contribution in [0.25, 0.3) is 0 Å². The Hall–Kier alpha value is -2.54. The van der Waals surface area contributed by atoms with Gasteiger partial charge in [0.05, 0.1) is 19.3 Å². The molecule has 5 nitrogen and oxygen atoms in total. The highest BCUT2D eigenvalue weighted by atomic mass is 19.1. The number of aliphatic hydroxyl groups excluding tert-OH is 1. The molecule has 184 valence electrons. The summed E-state index contributed by atoms with van der Waals surface area (Å²) in [6.07, 6.45) is 1.09. The quantitative estimate of drug-likeness (QED) is 0.395. The van der Waals surface area contributed by atoms with E-state index in [4.69, 9.17) is 4.74 Å². The van der Waals surface area contributed by atoms with Crippen LogP contribution in [0.4, 0.5) is 4.39 Å². The van der Waals surface area contributed by atoms with E-state index in [1.54, 1.807) is 18.2 Å². The van der Waals surface area contributed by atoms with Crippen LogP contribution in [0.2, 0.25) is 0 Å². The maximum atomic E-state index is 13.4. The van der Waals surface area contributed by atoms with Gasteiger partial charge in [-0.3, -0.25) is 9.69 Å². The predicted molar refractivity (Wildman–Crippen MR) is 133 cm³/mol. The van der Waals surface area contributed by atoms with E-state index in [0.29, 0.717) is 25.3 Å². The summed E-state index contributed by atoms with van der Waals surface area (Å²) >= 11 is 0. The number of likely N-dealkylation sites (tertiary alicyclic amines) is 1. The van der Waals surface area contributed by atoms with Crippen LogP contribution in [-0.2, 0) is 4.74 Å². The van der Waals surface area contributed by atoms with E-state index < -0.39 is 6.10 Å². The molecule has 3 unspecified atom stereocenters. The molecule has 1 fully saturated rings. The van der Waals surface area contributed by atoms with E-state index in [-0.39, 0.29) is 36.2 Å². The molecular formula is C28H37FN2O3. The van der Waals surface area contributed by atoms with Crippen molar-refractivity contribution in [2.45, 2.75) is 38.8 Å². The molecule has 0 spiro atoms. The summed E-state index contributed by atoms with van der Waals surface area (Å²) in [7, 11) is 0. The summed E-state index contributed by atoms with van der Waals surface area (Å²) in [6, 6.07) is 14.1. The molecule has 0 bridgehead atoms. The van der Waals surface area contributed by atoms with Gasteiger partial charge in [-0.15, -0.1) is 6.58 Å². The number of amides is 1. The average molecular weight is 469 g/mol. The minimum Gasteiger partial charge on any atom is -0.389 e. The molecule has 1 heterocycles. The molecule has 1 aliphatic rings. The van der Waals surface area contributed by atoms with Gasteiger partial charge in [0.25, 0.3) is 5.91 Å². The number of halogens is 1. The van der Waals surface area contributed by atoms with Crippen molar-refractivity contribution in [2.24, 2.45) is 5.92 Å². The van der Waals surface area contributed by atoms with Gasteiger partial charge in [0, 0.05) is 43.7 Å². The number of aryl methyl sites for hydroxylation is 1. The Balaban J connectivity index is 1.79. The summed E-state index contributed by atoms with van der Waals surface area (Å²) < 4.78 is 18.8. The molecule has 3 rings (SSSR count). The number of carbonyl (C=O) groups is 1. The number of carbonyl (C=O) groups excluding carboxylic acids is 1. The molecule has 3 atom stereocenters. The van der Waals surface area contributed by atoms with Crippen molar-refractivity contribution in [3.8, 4) is 0 Å². The highest BCUT2D eigenvalue weighted by Gasteiger charge is 2.37. The zero-order chi connectivity index (χ0) is 24.7. The fourth-order valence-electron chi connectivity index (χ4n) is 4.83. The first-order chi connectivity index (χ1) is 16.3. The van der Waals surface area contributed by atoms with Crippen LogP contribution in [0.5, 0.6) is 0 Å². The maximum Gasteiger partial charge on any atom is 0.254 e. The number of benzene rings is 2. The van der Waals surface area contributed by atoms with Crippen LogP contribution in [0.3, 0.4) is 0 Å². The van der Waals surface area contributed by atoms with Crippen LogP contribution in [-0.4, -0.2) is 72.4 Å². The Labute approximate surface area is 202 Å². The minimum atomic E-state index is -0.585. The van der Waals surface area contributed by atoms with Gasteiger partial charge in [0.2, 0.25) is 0 Å². The predicted octanol–water partition coefficient (Wildman–Crippen LogP) is 4.26. The summed E-state index contributed by atoms with van der Waals surface area (Å²) in [5, 5.41) is 10.5. The Bertz CT molecular complexity index is 947. The Morgan fingerprint density at radius 1 is 1.24 bits per heavy atom. The largest absolute Gasteiger partial charge is 0.389 e. The monoisotopic (exact) mass is 468 g/mol. The number of hydrogen-bond donors (Lipinski definition) is 1. The van der Waals surface area contributed by atoms with Gasteiger partial charge >= 0.3 is 0 Å². The van der Waals surface area contributed by atoms with E-state index in [0.717, 1.165) is 13.1 Å². The van der Waals surface area contributed by atoms with Crippen LogP contribution >= 0.6 is 0 Å². The summed E-state index contributed by atoms with van der Waals surface area (Å²) in [5.41, 5.74) is 3.01. The maximum absolute atomic E-state index is 13.4. The number of nitrogens with zero attached hydrogens (tertiary/aromatic N) is 2. The number of β-amino-alcohol motifs (C(OH)–C–C–N with tert-alkyl or cyclic N) is 1. The molecule has 2 aromatic carbocycles. The zero-order valence-electron chi connectivity index (χ0n) is 20.5. The van der Waals surface area contributed by atoms with Crippen LogP contribution < -0.4 is 0 Å². The second kappa shape index (κ2) is 12.2. The van der Waals surface area contributed by atoms with Crippen LogP contribution in [0.1, 0.15) is 41.3 Å². The lowest BCUT2D eigenvalue weighted by atomic mass is 9.86. The smallest absolute Gasteiger partial charge is 0.254 e. The van der Waals surface area contributed by atoms with Crippen molar-refractivity contribution >= 4 is 5.91 Å². The van der Waals surface area contributed by atoms with Crippen molar-refractivity contribution in [1.29, 1.82) is 0 Å². The van der Waals surface area contributed by atoms with Crippen LogP contribution in [0, 0.1) is 18.7 Å². The number of aliphatic hydroxyl groups is 1. The lowest BCUT2D eigenvalue weighted by Crippen LogP contribution is -2.42. The Morgan fingerprint density at radius 2 is 1.94 bits per heavy atom. The number of rotatable bonds is 11. The molecular weight excluding hydrogens is 431 g/mol. The van der Waals surface area contributed by atoms with E-state index in [1.807, 2.05) is 24.8 Å². The molecule has 2 aromatic rings. The molecule has 6 heteroatoms. The molecule has 0 radical (unpaired) electrons. The number of ether oxygens (including phenoxy) is 1. The first-order valence-electron chi connectivity index (χ1n) is 12.0. The van der Waals surface area contributed by atoms with Crippen molar-refractivity contribution in [3.63, 3.8) is 0 Å². The highest BCUT2D eigenvalue weighted by molar-refractivity contribution is 5.94. The Kier molecular flexibility index (Phi) is 9.39. The van der Waals surface area contributed by atoms with E-state index in [2.05, 4.69) is 36.6 Å². The van der Waals surface area contributed by atoms with Gasteiger partial charge in [0.15, 0.2) is 0 Å². The summed E-state index contributed by atoms with van der Waals surface area (Å²) in [4.78, 5) is 17.5. The first kappa shape index (κ1) is 26.1. The van der Waals surface area contributed by atoms with Gasteiger partial charge in [-0.25, -0.2) is 4.39 Å².